The highest BCUT2D eigenvalue weighted by Gasteiger charge is 2.45. The Kier molecular flexibility index (Phi) is 3.47. The van der Waals surface area contributed by atoms with Crippen LogP contribution in [0.1, 0.15) is 55.5 Å². The van der Waals surface area contributed by atoms with Gasteiger partial charge in [0.1, 0.15) is 11.6 Å². The molecule has 0 aromatic carbocycles. The SMILES string of the molecule is CC(O)c1cc2c(cn1)CC(=O)C(C#N)=C2N1CCC2(CC1)CC2. The van der Waals surface area contributed by atoms with Crippen LogP contribution in [0.4, 0.5) is 0 Å². The number of rotatable bonds is 2. The van der Waals surface area contributed by atoms with Gasteiger partial charge in [0, 0.05) is 31.3 Å². The highest BCUT2D eigenvalue weighted by molar-refractivity contribution is 6.09. The average molecular weight is 323 g/mol. The van der Waals surface area contributed by atoms with Gasteiger partial charge in [0.15, 0.2) is 5.78 Å². The molecule has 2 aliphatic carbocycles. The number of hydrogen-bond acceptors (Lipinski definition) is 5. The number of carbonyl (C=O) groups is 1. The Morgan fingerprint density at radius 3 is 2.62 bits per heavy atom. The lowest BCUT2D eigenvalue weighted by Crippen LogP contribution is -2.36. The maximum atomic E-state index is 12.4. The van der Waals surface area contributed by atoms with Gasteiger partial charge in [-0.15, -0.1) is 0 Å². The molecule has 0 bridgehead atoms. The van der Waals surface area contributed by atoms with E-state index in [0.717, 1.165) is 42.8 Å². The number of nitriles is 1. The summed E-state index contributed by atoms with van der Waals surface area (Å²) in [7, 11) is 0. The Bertz CT molecular complexity index is 774. The first-order valence-corrected chi connectivity index (χ1v) is 8.63. The highest BCUT2D eigenvalue weighted by Crippen LogP contribution is 2.54. The second-order valence-corrected chi connectivity index (χ2v) is 7.36. The summed E-state index contributed by atoms with van der Waals surface area (Å²) in [5, 5.41) is 19.4. The topological polar surface area (TPSA) is 77.2 Å². The molecule has 1 spiro atoms. The number of aromatic nitrogens is 1. The first kappa shape index (κ1) is 15.3. The molecule has 24 heavy (non-hydrogen) atoms. The second-order valence-electron chi connectivity index (χ2n) is 7.36. The van der Waals surface area contributed by atoms with Crippen LogP contribution in [0.15, 0.2) is 17.8 Å². The minimum Gasteiger partial charge on any atom is -0.387 e. The van der Waals surface area contributed by atoms with E-state index in [1.165, 1.54) is 12.8 Å². The monoisotopic (exact) mass is 323 g/mol. The Labute approximate surface area is 141 Å². The van der Waals surface area contributed by atoms with E-state index in [2.05, 4.69) is 16.0 Å². The molecule has 1 atom stereocenters. The maximum absolute atomic E-state index is 12.4. The van der Waals surface area contributed by atoms with Crippen molar-refractivity contribution < 1.29 is 9.90 Å². The summed E-state index contributed by atoms with van der Waals surface area (Å²) < 4.78 is 0. The van der Waals surface area contributed by atoms with Gasteiger partial charge in [-0.05, 0) is 49.7 Å². The standard InChI is InChI=1S/C19H21N3O2/c1-12(23)16-9-14-13(11-21-16)8-17(24)15(10-20)18(14)22-6-4-19(2-3-19)5-7-22/h9,11-12,23H,2-8H2,1H3. The number of fused-ring (bicyclic) bond motifs is 1. The first-order chi connectivity index (χ1) is 11.5. The summed E-state index contributed by atoms with van der Waals surface area (Å²) in [6.07, 6.45) is 6.12. The highest BCUT2D eigenvalue weighted by atomic mass is 16.3. The fourth-order valence-electron chi connectivity index (χ4n) is 3.94. The van der Waals surface area contributed by atoms with E-state index < -0.39 is 6.10 Å². The molecule has 2 heterocycles. The van der Waals surface area contributed by atoms with E-state index >= 15 is 0 Å². The number of pyridine rings is 1. The van der Waals surface area contributed by atoms with Gasteiger partial charge in [-0.1, -0.05) is 0 Å². The van der Waals surface area contributed by atoms with Gasteiger partial charge in [0.25, 0.3) is 0 Å². The number of piperidine rings is 1. The fraction of sp³-hybridized carbons (Fsp3) is 0.526. The molecule has 2 fully saturated rings. The van der Waals surface area contributed by atoms with Crippen molar-refractivity contribution in [2.45, 2.75) is 45.1 Å². The maximum Gasteiger partial charge on any atom is 0.179 e. The van der Waals surface area contributed by atoms with Gasteiger partial charge in [-0.2, -0.15) is 5.26 Å². The van der Waals surface area contributed by atoms with E-state index in [1.54, 1.807) is 13.1 Å². The molecule has 1 aromatic heterocycles. The van der Waals surface area contributed by atoms with Gasteiger partial charge >= 0.3 is 0 Å². The van der Waals surface area contributed by atoms with Crippen LogP contribution in [0.2, 0.25) is 0 Å². The molecule has 5 nitrogen and oxygen atoms in total. The van der Waals surface area contributed by atoms with Crippen molar-refractivity contribution in [2.75, 3.05) is 13.1 Å². The molecule has 1 unspecified atom stereocenters. The zero-order chi connectivity index (χ0) is 16.9. The van der Waals surface area contributed by atoms with Crippen molar-refractivity contribution in [1.82, 2.24) is 9.88 Å². The van der Waals surface area contributed by atoms with Gasteiger partial charge < -0.3 is 10.0 Å². The number of allylic oxidation sites excluding steroid dienone is 1. The number of nitrogens with zero attached hydrogens (tertiary/aromatic N) is 3. The van der Waals surface area contributed by atoms with Crippen LogP contribution in [0, 0.1) is 16.7 Å². The average Bonchev–Trinajstić information content (AvgIpc) is 3.33. The van der Waals surface area contributed by atoms with Crippen LogP contribution in [-0.4, -0.2) is 33.9 Å². The molecule has 1 saturated heterocycles. The largest absolute Gasteiger partial charge is 0.387 e. The molecule has 1 saturated carbocycles. The smallest absolute Gasteiger partial charge is 0.179 e. The van der Waals surface area contributed by atoms with E-state index in [1.807, 2.05) is 6.07 Å². The molecular formula is C19H21N3O2. The predicted octanol–water partition coefficient (Wildman–Crippen LogP) is 2.37. The Morgan fingerprint density at radius 2 is 2.04 bits per heavy atom. The van der Waals surface area contributed by atoms with Crippen LogP contribution in [0.3, 0.4) is 0 Å². The molecule has 0 amide bonds. The van der Waals surface area contributed by atoms with Crippen molar-refractivity contribution >= 4 is 11.5 Å². The lowest BCUT2D eigenvalue weighted by Gasteiger charge is -2.37. The number of hydrogen-bond donors (Lipinski definition) is 1. The van der Waals surface area contributed by atoms with E-state index in [4.69, 9.17) is 0 Å². The zero-order valence-electron chi connectivity index (χ0n) is 13.9. The number of Topliss-reactive ketones (excluding diaryl/α,β-unsaturated/α-hetero) is 1. The molecule has 5 heteroatoms. The van der Waals surface area contributed by atoms with Crippen molar-refractivity contribution in [3.63, 3.8) is 0 Å². The quantitative estimate of drug-likeness (QED) is 0.904. The Balaban J connectivity index is 1.78. The third kappa shape index (κ3) is 2.42. The summed E-state index contributed by atoms with van der Waals surface area (Å²) in [5.74, 6) is -0.127. The van der Waals surface area contributed by atoms with E-state index in [0.29, 0.717) is 11.1 Å². The Morgan fingerprint density at radius 1 is 1.33 bits per heavy atom. The molecule has 3 aliphatic rings. The van der Waals surface area contributed by atoms with E-state index in [9.17, 15) is 15.2 Å². The molecule has 0 radical (unpaired) electrons. The van der Waals surface area contributed by atoms with Crippen LogP contribution in [0.5, 0.6) is 0 Å². The number of aliphatic hydroxyl groups is 1. The number of aliphatic hydroxyl groups excluding tert-OH is 1. The molecule has 1 N–H and O–H groups in total. The van der Waals surface area contributed by atoms with Crippen LogP contribution >= 0.6 is 0 Å². The molecule has 1 aliphatic heterocycles. The minimum atomic E-state index is -0.671. The summed E-state index contributed by atoms with van der Waals surface area (Å²) in [5.41, 5.74) is 3.87. The van der Waals surface area contributed by atoms with Gasteiger partial charge in [0.2, 0.25) is 0 Å². The van der Waals surface area contributed by atoms with Crippen LogP contribution < -0.4 is 0 Å². The summed E-state index contributed by atoms with van der Waals surface area (Å²) in [6, 6.07) is 3.98. The predicted molar refractivity (Wildman–Crippen MR) is 88.6 cm³/mol. The van der Waals surface area contributed by atoms with Crippen molar-refractivity contribution in [3.05, 3.63) is 34.7 Å². The number of carbonyl (C=O) groups excluding carboxylic acids is 1. The second kappa shape index (κ2) is 5.42. The normalized spacial score (nSPS) is 23.0. The van der Waals surface area contributed by atoms with Gasteiger partial charge in [-0.25, -0.2) is 0 Å². The van der Waals surface area contributed by atoms with Crippen LogP contribution in [-0.2, 0) is 11.2 Å². The lowest BCUT2D eigenvalue weighted by atomic mass is 9.86. The third-order valence-electron chi connectivity index (χ3n) is 5.77. The van der Waals surface area contributed by atoms with Gasteiger partial charge in [0.05, 0.1) is 17.5 Å². The summed E-state index contributed by atoms with van der Waals surface area (Å²) >= 11 is 0. The molecular weight excluding hydrogens is 302 g/mol. The number of ketones is 1. The Hall–Kier alpha value is -2.19. The van der Waals surface area contributed by atoms with Gasteiger partial charge in [-0.3, -0.25) is 9.78 Å². The lowest BCUT2D eigenvalue weighted by molar-refractivity contribution is -0.114. The fourth-order valence-corrected chi connectivity index (χ4v) is 3.94. The number of likely N-dealkylation sites (tertiary alicyclic amines) is 1. The minimum absolute atomic E-state index is 0.127. The molecule has 4 rings (SSSR count). The van der Waals surface area contributed by atoms with Crippen molar-refractivity contribution in [2.24, 2.45) is 5.41 Å². The first-order valence-electron chi connectivity index (χ1n) is 8.63. The van der Waals surface area contributed by atoms with Crippen molar-refractivity contribution in [3.8, 4) is 6.07 Å². The zero-order valence-corrected chi connectivity index (χ0v) is 13.9. The molecule has 1 aromatic rings. The third-order valence-corrected chi connectivity index (χ3v) is 5.77. The van der Waals surface area contributed by atoms with Crippen LogP contribution in [0.25, 0.3) is 5.70 Å². The van der Waals surface area contributed by atoms with Crippen molar-refractivity contribution in [1.29, 1.82) is 5.26 Å². The summed E-state index contributed by atoms with van der Waals surface area (Å²) in [4.78, 5) is 18.9. The summed E-state index contributed by atoms with van der Waals surface area (Å²) in [6.45, 7) is 3.45. The molecule has 124 valence electrons. The van der Waals surface area contributed by atoms with E-state index in [-0.39, 0.29) is 17.8 Å².